The Morgan fingerprint density at radius 2 is 1.70 bits per heavy atom. The zero-order valence-corrected chi connectivity index (χ0v) is 6.51. The Morgan fingerprint density at radius 3 is 2.50 bits per heavy atom. The molecule has 58 valence electrons. The molecule has 1 aliphatic carbocycles. The van der Waals surface area contributed by atoms with Gasteiger partial charge in [-0.15, -0.1) is 0 Å². The zero-order valence-electron chi connectivity index (χ0n) is 6.51. The van der Waals surface area contributed by atoms with E-state index in [4.69, 9.17) is 4.74 Å². The molecule has 2 unspecified atom stereocenters. The third-order valence-corrected chi connectivity index (χ3v) is 3.03. The first-order valence-electron chi connectivity index (χ1n) is 4.54. The van der Waals surface area contributed by atoms with Gasteiger partial charge in [0, 0.05) is 13.2 Å². The minimum Gasteiger partial charge on any atom is -0.381 e. The highest BCUT2D eigenvalue weighted by molar-refractivity contribution is 4.77. The van der Waals surface area contributed by atoms with E-state index in [1.165, 1.54) is 32.1 Å². The maximum Gasteiger partial charge on any atom is 0.0496 e. The van der Waals surface area contributed by atoms with Crippen molar-refractivity contribution in [3.05, 3.63) is 0 Å². The van der Waals surface area contributed by atoms with Crippen LogP contribution < -0.4 is 0 Å². The molecule has 0 amide bonds. The van der Waals surface area contributed by atoms with Gasteiger partial charge in [0.15, 0.2) is 0 Å². The first kappa shape index (κ1) is 6.66. The fourth-order valence-corrected chi connectivity index (χ4v) is 2.35. The molecular weight excluding hydrogens is 124 g/mol. The Hall–Kier alpha value is -0.0400. The molecule has 1 aliphatic heterocycles. The lowest BCUT2D eigenvalue weighted by molar-refractivity contribution is -0.00145. The Balaban J connectivity index is 1.93. The van der Waals surface area contributed by atoms with Gasteiger partial charge in [0.05, 0.1) is 0 Å². The Bertz CT molecular complexity index is 85.3. The highest BCUT2D eigenvalue weighted by Gasteiger charge is 2.27. The molecule has 0 bridgehead atoms. The van der Waals surface area contributed by atoms with Crippen molar-refractivity contribution in [1.82, 2.24) is 0 Å². The highest BCUT2D eigenvalue weighted by Crippen LogP contribution is 2.34. The molecule has 2 atom stereocenters. The van der Waals surface area contributed by atoms with Crippen LogP contribution in [0.3, 0.4) is 0 Å². The van der Waals surface area contributed by atoms with Crippen LogP contribution in [0.4, 0.5) is 0 Å². The first-order chi connectivity index (χ1) is 4.97. The molecule has 0 radical (unpaired) electrons. The van der Waals surface area contributed by atoms with Crippen molar-refractivity contribution >= 4 is 0 Å². The number of fused-ring (bicyclic) bond motifs is 1. The summed E-state index contributed by atoms with van der Waals surface area (Å²) < 4.78 is 5.44. The minimum absolute atomic E-state index is 0.933. The van der Waals surface area contributed by atoms with Crippen molar-refractivity contribution in [3.63, 3.8) is 0 Å². The smallest absolute Gasteiger partial charge is 0.0496 e. The van der Waals surface area contributed by atoms with E-state index in [1.807, 2.05) is 0 Å². The maximum atomic E-state index is 5.44. The summed E-state index contributed by atoms with van der Waals surface area (Å²) in [6.07, 6.45) is 7.18. The number of rotatable bonds is 0. The van der Waals surface area contributed by atoms with Gasteiger partial charge in [0.1, 0.15) is 0 Å². The fourth-order valence-electron chi connectivity index (χ4n) is 2.35. The molecule has 2 rings (SSSR count). The summed E-state index contributed by atoms with van der Waals surface area (Å²) in [7, 11) is 0. The van der Waals surface area contributed by atoms with E-state index >= 15 is 0 Å². The normalized spacial score (nSPS) is 40.8. The highest BCUT2D eigenvalue weighted by atomic mass is 16.5. The van der Waals surface area contributed by atoms with E-state index < -0.39 is 0 Å². The van der Waals surface area contributed by atoms with Crippen LogP contribution in [0.2, 0.25) is 0 Å². The molecule has 0 spiro atoms. The van der Waals surface area contributed by atoms with Crippen LogP contribution in [-0.2, 0) is 4.74 Å². The van der Waals surface area contributed by atoms with Gasteiger partial charge in [-0.2, -0.15) is 0 Å². The second-order valence-corrected chi connectivity index (χ2v) is 3.67. The predicted molar refractivity (Wildman–Crippen MR) is 40.9 cm³/mol. The topological polar surface area (TPSA) is 9.23 Å². The lowest BCUT2D eigenvalue weighted by atomic mass is 9.77. The lowest BCUT2D eigenvalue weighted by Crippen LogP contribution is -2.29. The summed E-state index contributed by atoms with van der Waals surface area (Å²) in [4.78, 5) is 0. The van der Waals surface area contributed by atoms with Crippen molar-refractivity contribution in [2.75, 3.05) is 13.2 Å². The molecule has 1 saturated heterocycles. The molecule has 1 heterocycles. The van der Waals surface area contributed by atoms with Crippen LogP contribution in [0, 0.1) is 11.8 Å². The van der Waals surface area contributed by atoms with E-state index in [0.29, 0.717) is 0 Å². The van der Waals surface area contributed by atoms with Crippen molar-refractivity contribution in [2.24, 2.45) is 11.8 Å². The maximum absolute atomic E-state index is 5.44. The molecule has 1 heteroatoms. The van der Waals surface area contributed by atoms with Gasteiger partial charge in [0.25, 0.3) is 0 Å². The second kappa shape index (κ2) is 2.91. The first-order valence-corrected chi connectivity index (χ1v) is 4.54. The summed E-state index contributed by atoms with van der Waals surface area (Å²) in [5, 5.41) is 0. The molecule has 2 fully saturated rings. The van der Waals surface area contributed by atoms with Crippen LogP contribution in [0.5, 0.6) is 0 Å². The van der Waals surface area contributed by atoms with Crippen LogP contribution in [0.15, 0.2) is 0 Å². The molecule has 0 aromatic rings. The standard InChI is InChI=1S/C9H16O/c1-2-4-9-7-10-6-5-8(9)3-1/h8-9H,1-7H2. The number of hydrogen-bond donors (Lipinski definition) is 0. The van der Waals surface area contributed by atoms with E-state index in [2.05, 4.69) is 0 Å². The van der Waals surface area contributed by atoms with E-state index in [-0.39, 0.29) is 0 Å². The third kappa shape index (κ3) is 1.20. The minimum atomic E-state index is 0.933. The lowest BCUT2D eigenvalue weighted by Gasteiger charge is -2.35. The molecule has 10 heavy (non-hydrogen) atoms. The summed E-state index contributed by atoms with van der Waals surface area (Å²) in [6.45, 7) is 2.09. The molecular formula is C9H16O. The van der Waals surface area contributed by atoms with Crippen molar-refractivity contribution in [2.45, 2.75) is 32.1 Å². The average Bonchev–Trinajstić information content (AvgIpc) is 2.05. The second-order valence-electron chi connectivity index (χ2n) is 3.67. The fraction of sp³-hybridized carbons (Fsp3) is 1.00. The van der Waals surface area contributed by atoms with Crippen molar-refractivity contribution in [3.8, 4) is 0 Å². The number of hydrogen-bond acceptors (Lipinski definition) is 1. The Kier molecular flexibility index (Phi) is 1.94. The molecule has 0 aromatic carbocycles. The Labute approximate surface area is 62.8 Å². The van der Waals surface area contributed by atoms with E-state index in [0.717, 1.165) is 25.0 Å². The van der Waals surface area contributed by atoms with Gasteiger partial charge in [0.2, 0.25) is 0 Å². The zero-order chi connectivity index (χ0) is 6.81. The van der Waals surface area contributed by atoms with Crippen LogP contribution in [-0.4, -0.2) is 13.2 Å². The third-order valence-electron chi connectivity index (χ3n) is 3.03. The van der Waals surface area contributed by atoms with Gasteiger partial charge in [-0.05, 0) is 24.7 Å². The van der Waals surface area contributed by atoms with E-state index in [9.17, 15) is 0 Å². The largest absolute Gasteiger partial charge is 0.381 e. The molecule has 2 aliphatic rings. The van der Waals surface area contributed by atoms with Gasteiger partial charge < -0.3 is 4.74 Å². The summed E-state index contributed by atoms with van der Waals surface area (Å²) in [5.74, 6) is 1.96. The Morgan fingerprint density at radius 1 is 0.900 bits per heavy atom. The summed E-state index contributed by atoms with van der Waals surface area (Å²) >= 11 is 0. The van der Waals surface area contributed by atoms with E-state index in [1.54, 1.807) is 0 Å². The van der Waals surface area contributed by atoms with Gasteiger partial charge in [-0.1, -0.05) is 19.3 Å². The molecule has 0 aromatic heterocycles. The van der Waals surface area contributed by atoms with Crippen molar-refractivity contribution in [1.29, 1.82) is 0 Å². The van der Waals surface area contributed by atoms with Gasteiger partial charge in [-0.25, -0.2) is 0 Å². The van der Waals surface area contributed by atoms with Crippen molar-refractivity contribution < 1.29 is 4.74 Å². The SMILES string of the molecule is C1CCC2COCCC2C1. The summed E-state index contributed by atoms with van der Waals surface area (Å²) in [5.41, 5.74) is 0. The molecule has 1 saturated carbocycles. The van der Waals surface area contributed by atoms with Gasteiger partial charge >= 0.3 is 0 Å². The summed E-state index contributed by atoms with van der Waals surface area (Å²) in [6, 6.07) is 0. The van der Waals surface area contributed by atoms with Gasteiger partial charge in [-0.3, -0.25) is 0 Å². The molecule has 0 N–H and O–H groups in total. The predicted octanol–water partition coefficient (Wildman–Crippen LogP) is 2.21. The quantitative estimate of drug-likeness (QED) is 0.501. The molecule has 1 nitrogen and oxygen atoms in total. The van der Waals surface area contributed by atoms with Crippen LogP contribution >= 0.6 is 0 Å². The number of ether oxygens (including phenoxy) is 1. The average molecular weight is 140 g/mol. The van der Waals surface area contributed by atoms with Crippen LogP contribution in [0.1, 0.15) is 32.1 Å². The monoisotopic (exact) mass is 140 g/mol. The van der Waals surface area contributed by atoms with Crippen LogP contribution in [0.25, 0.3) is 0 Å².